The highest BCUT2D eigenvalue weighted by Gasteiger charge is 2.25. The summed E-state index contributed by atoms with van der Waals surface area (Å²) in [6.45, 7) is 6.02. The predicted molar refractivity (Wildman–Crippen MR) is 79.1 cm³/mol. The van der Waals surface area contributed by atoms with Gasteiger partial charge in [0.1, 0.15) is 0 Å². The van der Waals surface area contributed by atoms with Gasteiger partial charge in [0.15, 0.2) is 0 Å². The van der Waals surface area contributed by atoms with E-state index >= 15 is 0 Å². The van der Waals surface area contributed by atoms with Gasteiger partial charge in [0.05, 0.1) is 0 Å². The van der Waals surface area contributed by atoms with Crippen LogP contribution in [0.3, 0.4) is 0 Å². The van der Waals surface area contributed by atoms with Gasteiger partial charge in [-0.2, -0.15) is 0 Å². The second-order valence-electron chi connectivity index (χ2n) is 5.54. The van der Waals surface area contributed by atoms with Gasteiger partial charge in [-0.1, -0.05) is 24.3 Å². The molecule has 1 aliphatic rings. The van der Waals surface area contributed by atoms with Gasteiger partial charge < -0.3 is 10.5 Å². The molecule has 3 heteroatoms. The van der Waals surface area contributed by atoms with Crippen LogP contribution in [-0.4, -0.2) is 38.3 Å². The molecule has 2 N–H and O–H groups in total. The summed E-state index contributed by atoms with van der Waals surface area (Å²) in [4.78, 5) is 2.54. The molecule has 1 aromatic carbocycles. The van der Waals surface area contributed by atoms with Crippen LogP contribution in [0.4, 0.5) is 0 Å². The van der Waals surface area contributed by atoms with Crippen molar-refractivity contribution in [2.24, 2.45) is 11.7 Å². The molecule has 0 amide bonds. The number of rotatable bonds is 5. The quantitative estimate of drug-likeness (QED) is 0.885. The molecule has 1 aliphatic heterocycles. The Bertz CT molecular complexity index is 386. The number of likely N-dealkylation sites (tertiary alicyclic amines) is 1. The van der Waals surface area contributed by atoms with Crippen LogP contribution in [0, 0.1) is 12.8 Å². The highest BCUT2D eigenvalue weighted by molar-refractivity contribution is 5.29. The topological polar surface area (TPSA) is 38.5 Å². The van der Waals surface area contributed by atoms with Gasteiger partial charge in [0.2, 0.25) is 0 Å². The lowest BCUT2D eigenvalue weighted by Crippen LogP contribution is -2.40. The van der Waals surface area contributed by atoms with E-state index in [9.17, 15) is 0 Å². The molecule has 0 aromatic heterocycles. The standard InChI is InChI=1S/C16H26N2O/c1-13-5-3-4-6-15(13)16(11-17)18-9-7-14(8-10-18)12-19-2/h3-6,14,16H,7-12,17H2,1-2H3. The monoisotopic (exact) mass is 262 g/mol. The molecular formula is C16H26N2O. The fraction of sp³-hybridized carbons (Fsp3) is 0.625. The zero-order chi connectivity index (χ0) is 13.7. The van der Waals surface area contributed by atoms with Gasteiger partial charge in [0, 0.05) is 26.3 Å². The van der Waals surface area contributed by atoms with Crippen LogP contribution in [0.1, 0.15) is 30.0 Å². The summed E-state index contributed by atoms with van der Waals surface area (Å²) in [5.41, 5.74) is 8.76. The zero-order valence-corrected chi connectivity index (χ0v) is 12.1. The van der Waals surface area contributed by atoms with Crippen molar-refractivity contribution in [3.05, 3.63) is 35.4 Å². The molecule has 3 nitrogen and oxygen atoms in total. The highest BCUT2D eigenvalue weighted by atomic mass is 16.5. The lowest BCUT2D eigenvalue weighted by atomic mass is 9.93. The fourth-order valence-corrected chi connectivity index (χ4v) is 3.10. The fourth-order valence-electron chi connectivity index (χ4n) is 3.10. The van der Waals surface area contributed by atoms with Crippen molar-refractivity contribution < 1.29 is 4.74 Å². The van der Waals surface area contributed by atoms with Crippen molar-refractivity contribution in [1.29, 1.82) is 0 Å². The van der Waals surface area contributed by atoms with Crippen molar-refractivity contribution in [3.63, 3.8) is 0 Å². The molecule has 1 aromatic rings. The van der Waals surface area contributed by atoms with E-state index in [1.165, 1.54) is 24.0 Å². The molecule has 1 saturated heterocycles. The van der Waals surface area contributed by atoms with Gasteiger partial charge in [-0.25, -0.2) is 0 Å². The van der Waals surface area contributed by atoms with Crippen LogP contribution in [-0.2, 0) is 4.74 Å². The normalized spacial score (nSPS) is 19.5. The first-order valence-corrected chi connectivity index (χ1v) is 7.24. The molecule has 1 fully saturated rings. The summed E-state index contributed by atoms with van der Waals surface area (Å²) in [5, 5.41) is 0. The third-order valence-electron chi connectivity index (χ3n) is 4.26. The van der Waals surface area contributed by atoms with Crippen molar-refractivity contribution in [3.8, 4) is 0 Å². The van der Waals surface area contributed by atoms with Crippen LogP contribution < -0.4 is 5.73 Å². The summed E-state index contributed by atoms with van der Waals surface area (Å²) in [6, 6.07) is 8.97. The average Bonchev–Trinajstić information content (AvgIpc) is 2.44. The third-order valence-corrected chi connectivity index (χ3v) is 4.26. The summed E-state index contributed by atoms with van der Waals surface area (Å²) in [6.07, 6.45) is 2.44. The van der Waals surface area contributed by atoms with Crippen LogP contribution in [0.5, 0.6) is 0 Å². The van der Waals surface area contributed by atoms with Crippen molar-refractivity contribution in [2.45, 2.75) is 25.8 Å². The number of piperidine rings is 1. The minimum absolute atomic E-state index is 0.365. The van der Waals surface area contributed by atoms with Gasteiger partial charge >= 0.3 is 0 Å². The molecule has 0 radical (unpaired) electrons. The van der Waals surface area contributed by atoms with E-state index in [4.69, 9.17) is 10.5 Å². The first kappa shape index (κ1) is 14.5. The van der Waals surface area contributed by atoms with Crippen LogP contribution in [0.15, 0.2) is 24.3 Å². The second kappa shape index (κ2) is 7.04. The zero-order valence-electron chi connectivity index (χ0n) is 12.1. The third kappa shape index (κ3) is 3.56. The average molecular weight is 262 g/mol. The SMILES string of the molecule is COCC1CCN(C(CN)c2ccccc2C)CC1. The van der Waals surface area contributed by atoms with E-state index in [0.29, 0.717) is 12.6 Å². The smallest absolute Gasteiger partial charge is 0.0491 e. The first-order valence-electron chi connectivity index (χ1n) is 7.24. The molecule has 19 heavy (non-hydrogen) atoms. The lowest BCUT2D eigenvalue weighted by Gasteiger charge is -2.37. The van der Waals surface area contributed by atoms with E-state index in [1.54, 1.807) is 7.11 Å². The van der Waals surface area contributed by atoms with Crippen LogP contribution >= 0.6 is 0 Å². The number of methoxy groups -OCH3 is 1. The van der Waals surface area contributed by atoms with Crippen LogP contribution in [0.2, 0.25) is 0 Å². The molecule has 106 valence electrons. The second-order valence-corrected chi connectivity index (χ2v) is 5.54. The number of hydrogen-bond acceptors (Lipinski definition) is 3. The first-order chi connectivity index (χ1) is 9.26. The summed E-state index contributed by atoms with van der Waals surface area (Å²) >= 11 is 0. The Hall–Kier alpha value is -0.900. The van der Waals surface area contributed by atoms with Crippen molar-refractivity contribution >= 4 is 0 Å². The Labute approximate surface area is 116 Å². The Morgan fingerprint density at radius 2 is 2.00 bits per heavy atom. The Morgan fingerprint density at radius 3 is 2.58 bits per heavy atom. The van der Waals surface area contributed by atoms with E-state index < -0.39 is 0 Å². The Morgan fingerprint density at radius 1 is 1.32 bits per heavy atom. The number of hydrogen-bond donors (Lipinski definition) is 1. The number of nitrogens with zero attached hydrogens (tertiary/aromatic N) is 1. The molecule has 0 saturated carbocycles. The van der Waals surface area contributed by atoms with Gasteiger partial charge in [-0.15, -0.1) is 0 Å². The van der Waals surface area contributed by atoms with Crippen LogP contribution in [0.25, 0.3) is 0 Å². The molecule has 0 spiro atoms. The van der Waals surface area contributed by atoms with E-state index in [1.807, 2.05) is 0 Å². The number of nitrogens with two attached hydrogens (primary N) is 1. The Kier molecular flexibility index (Phi) is 5.37. The molecule has 1 atom stereocenters. The van der Waals surface area contributed by atoms with Gasteiger partial charge in [0.25, 0.3) is 0 Å². The minimum Gasteiger partial charge on any atom is -0.384 e. The number of aryl methyl sites for hydroxylation is 1. The van der Waals surface area contributed by atoms with Crippen molar-refractivity contribution in [2.75, 3.05) is 33.4 Å². The molecule has 2 rings (SSSR count). The maximum absolute atomic E-state index is 6.03. The molecule has 0 aliphatic carbocycles. The number of benzene rings is 1. The lowest BCUT2D eigenvalue weighted by molar-refractivity contribution is 0.0809. The Balaban J connectivity index is 2.02. The van der Waals surface area contributed by atoms with Gasteiger partial charge in [-0.3, -0.25) is 4.90 Å². The molecule has 1 heterocycles. The minimum atomic E-state index is 0.365. The summed E-state index contributed by atoms with van der Waals surface area (Å²) in [5.74, 6) is 0.719. The summed E-state index contributed by atoms with van der Waals surface area (Å²) < 4.78 is 5.26. The van der Waals surface area contributed by atoms with E-state index in [-0.39, 0.29) is 0 Å². The molecule has 0 bridgehead atoms. The largest absolute Gasteiger partial charge is 0.384 e. The maximum Gasteiger partial charge on any atom is 0.0491 e. The maximum atomic E-state index is 6.03. The van der Waals surface area contributed by atoms with Gasteiger partial charge in [-0.05, 0) is 49.9 Å². The predicted octanol–water partition coefficient (Wildman–Crippen LogP) is 2.35. The highest BCUT2D eigenvalue weighted by Crippen LogP contribution is 2.28. The van der Waals surface area contributed by atoms with Crippen molar-refractivity contribution in [1.82, 2.24) is 4.90 Å². The van der Waals surface area contributed by atoms with E-state index in [2.05, 4.69) is 36.1 Å². The summed E-state index contributed by atoms with van der Waals surface area (Å²) in [7, 11) is 1.79. The molecule has 1 unspecified atom stereocenters. The molecular weight excluding hydrogens is 236 g/mol. The number of ether oxygens (including phenoxy) is 1. The van der Waals surface area contributed by atoms with E-state index in [0.717, 1.165) is 25.6 Å².